The van der Waals surface area contributed by atoms with Crippen LogP contribution in [0.4, 0.5) is 5.82 Å². The molecule has 1 aromatic carbocycles. The van der Waals surface area contributed by atoms with Gasteiger partial charge in [-0.25, -0.2) is 0 Å². The number of allylic oxidation sites excluding steroid dienone is 3. The Morgan fingerprint density at radius 3 is 2.43 bits per heavy atom. The number of fused-ring (bicyclic) bond motifs is 1. The monoisotopic (exact) mass is 580 g/mol. The molecule has 10 nitrogen and oxygen atoms in total. The van der Waals surface area contributed by atoms with Crippen molar-refractivity contribution >= 4 is 12.1 Å². The summed E-state index contributed by atoms with van der Waals surface area (Å²) in [7, 11) is 6.05. The molecule has 2 aromatic rings. The summed E-state index contributed by atoms with van der Waals surface area (Å²) in [6.45, 7) is 16.0. The third-order valence-corrected chi connectivity index (χ3v) is 6.99. The number of aldehydes is 1. The fourth-order valence-electron chi connectivity index (χ4n) is 4.54. The Morgan fingerprint density at radius 1 is 1.19 bits per heavy atom. The van der Waals surface area contributed by atoms with Crippen LogP contribution in [0.3, 0.4) is 0 Å². The second-order valence-electron chi connectivity index (χ2n) is 10.6. The number of ether oxygens (including phenoxy) is 1. The first-order chi connectivity index (χ1) is 20.1. The molecule has 230 valence electrons. The largest absolute Gasteiger partial charge is 0.509 e. The molecule has 10 heteroatoms. The van der Waals surface area contributed by atoms with Gasteiger partial charge in [0.05, 0.1) is 24.9 Å². The molecule has 1 atom stereocenters. The SMILES string of the molecule is C=C(O)/C=C(\C)N1CCc2c(nc(OCCN(C)C)nc2N2CCN(C)C(CO)C2)C1.C=CC=O.Cc1ccccc1. The highest BCUT2D eigenvalue weighted by Gasteiger charge is 2.30. The highest BCUT2D eigenvalue weighted by atomic mass is 16.5. The smallest absolute Gasteiger partial charge is 0.318 e. The summed E-state index contributed by atoms with van der Waals surface area (Å²) in [5.41, 5.74) is 4.37. The number of anilines is 1. The number of aliphatic hydroxyl groups is 2. The summed E-state index contributed by atoms with van der Waals surface area (Å²) in [5.74, 6) is 0.969. The number of likely N-dealkylation sites (N-methyl/N-ethyl adjacent to an activating group) is 2. The van der Waals surface area contributed by atoms with E-state index < -0.39 is 0 Å². The number of hydrogen-bond donors (Lipinski definition) is 2. The van der Waals surface area contributed by atoms with E-state index in [1.165, 1.54) is 11.6 Å². The molecule has 3 heterocycles. The fourth-order valence-corrected chi connectivity index (χ4v) is 4.54. The Morgan fingerprint density at radius 2 is 1.88 bits per heavy atom. The minimum Gasteiger partial charge on any atom is -0.509 e. The summed E-state index contributed by atoms with van der Waals surface area (Å²) in [4.78, 5) is 27.3. The highest BCUT2D eigenvalue weighted by Crippen LogP contribution is 2.31. The number of aliphatic hydroxyl groups excluding tert-OH is 2. The molecule has 2 N–H and O–H groups in total. The Balaban J connectivity index is 0.000000470. The van der Waals surface area contributed by atoms with Gasteiger partial charge in [0.15, 0.2) is 0 Å². The van der Waals surface area contributed by atoms with Crippen molar-refractivity contribution in [2.24, 2.45) is 0 Å². The zero-order valence-electron chi connectivity index (χ0n) is 25.9. The maximum absolute atomic E-state index is 9.78. The van der Waals surface area contributed by atoms with Crippen LogP contribution in [0, 0.1) is 6.92 Å². The van der Waals surface area contributed by atoms with Crippen LogP contribution < -0.4 is 9.64 Å². The maximum Gasteiger partial charge on any atom is 0.318 e. The molecule has 0 spiro atoms. The molecule has 0 radical (unpaired) electrons. The van der Waals surface area contributed by atoms with Crippen LogP contribution in [0.2, 0.25) is 0 Å². The van der Waals surface area contributed by atoms with Crippen molar-refractivity contribution in [2.45, 2.75) is 32.9 Å². The molecule has 0 bridgehead atoms. The Kier molecular flexibility index (Phi) is 14.7. The van der Waals surface area contributed by atoms with Crippen LogP contribution in [-0.2, 0) is 17.8 Å². The molecule has 4 rings (SSSR count). The van der Waals surface area contributed by atoms with Gasteiger partial charge in [0.2, 0.25) is 0 Å². The number of hydrogen-bond acceptors (Lipinski definition) is 10. The van der Waals surface area contributed by atoms with Gasteiger partial charge in [-0.15, -0.1) is 0 Å². The van der Waals surface area contributed by atoms with E-state index in [1.807, 2.05) is 46.3 Å². The first-order valence-corrected chi connectivity index (χ1v) is 14.2. The number of carbonyl (C=O) groups excluding carboxylic acids is 1. The van der Waals surface area contributed by atoms with Crippen molar-refractivity contribution in [3.05, 3.63) is 83.9 Å². The first-order valence-electron chi connectivity index (χ1n) is 14.2. The zero-order chi connectivity index (χ0) is 31.1. The molecule has 0 amide bonds. The van der Waals surface area contributed by atoms with Gasteiger partial charge >= 0.3 is 6.01 Å². The summed E-state index contributed by atoms with van der Waals surface area (Å²) < 4.78 is 5.91. The van der Waals surface area contributed by atoms with Gasteiger partial charge in [-0.05, 0) is 53.6 Å². The minimum atomic E-state index is 0.0480. The number of nitrogens with zero attached hydrogens (tertiary/aromatic N) is 6. The quantitative estimate of drug-likeness (QED) is 0.199. The van der Waals surface area contributed by atoms with Gasteiger partial charge in [-0.1, -0.05) is 49.1 Å². The summed E-state index contributed by atoms with van der Waals surface area (Å²) >= 11 is 0. The van der Waals surface area contributed by atoms with E-state index in [9.17, 15) is 10.2 Å². The molecular formula is C32H48N6O4. The number of piperazine rings is 1. The summed E-state index contributed by atoms with van der Waals surface area (Å²) in [6.07, 6.45) is 4.32. The number of aromatic nitrogens is 2. The van der Waals surface area contributed by atoms with Crippen LogP contribution in [0.15, 0.2) is 67.1 Å². The minimum absolute atomic E-state index is 0.0480. The molecule has 0 saturated carbocycles. The van der Waals surface area contributed by atoms with E-state index in [-0.39, 0.29) is 18.4 Å². The van der Waals surface area contributed by atoms with E-state index >= 15 is 0 Å². The number of benzene rings is 1. The van der Waals surface area contributed by atoms with Crippen LogP contribution >= 0.6 is 0 Å². The number of carbonyl (C=O) groups is 1. The Bertz CT molecular complexity index is 1170. The molecular weight excluding hydrogens is 532 g/mol. The highest BCUT2D eigenvalue weighted by molar-refractivity contribution is 5.63. The van der Waals surface area contributed by atoms with Gasteiger partial charge < -0.3 is 29.6 Å². The second kappa shape index (κ2) is 17.9. The molecule has 2 aliphatic rings. The van der Waals surface area contributed by atoms with Crippen molar-refractivity contribution < 1.29 is 19.7 Å². The van der Waals surface area contributed by atoms with Crippen LogP contribution in [0.25, 0.3) is 0 Å². The fraction of sp³-hybridized carbons (Fsp3) is 0.469. The Hall–Kier alpha value is -3.73. The molecule has 1 saturated heterocycles. The van der Waals surface area contributed by atoms with Gasteiger partial charge in [-0.3, -0.25) is 9.69 Å². The van der Waals surface area contributed by atoms with E-state index in [2.05, 4.69) is 51.8 Å². The van der Waals surface area contributed by atoms with Crippen molar-refractivity contribution in [3.63, 3.8) is 0 Å². The molecule has 0 aliphatic carbocycles. The van der Waals surface area contributed by atoms with Crippen LogP contribution in [-0.4, -0.2) is 114 Å². The van der Waals surface area contributed by atoms with E-state index in [4.69, 9.17) is 19.5 Å². The van der Waals surface area contributed by atoms with Gasteiger partial charge in [0.1, 0.15) is 24.5 Å². The van der Waals surface area contributed by atoms with E-state index in [1.54, 1.807) is 6.08 Å². The molecule has 42 heavy (non-hydrogen) atoms. The van der Waals surface area contributed by atoms with Crippen molar-refractivity contribution in [3.8, 4) is 6.01 Å². The Labute approximate surface area is 251 Å². The predicted octanol–water partition coefficient (Wildman–Crippen LogP) is 3.23. The number of rotatable bonds is 9. The lowest BCUT2D eigenvalue weighted by atomic mass is 10.0. The molecule has 2 aliphatic heterocycles. The normalized spacial score (nSPS) is 16.8. The summed E-state index contributed by atoms with van der Waals surface area (Å²) in [5, 5.41) is 19.3. The lowest BCUT2D eigenvalue weighted by molar-refractivity contribution is -0.104. The lowest BCUT2D eigenvalue weighted by Gasteiger charge is -2.41. The van der Waals surface area contributed by atoms with Gasteiger partial charge in [0.25, 0.3) is 0 Å². The first kappa shape index (κ1) is 34.5. The molecule has 1 aromatic heterocycles. The predicted molar refractivity (Wildman–Crippen MR) is 169 cm³/mol. The van der Waals surface area contributed by atoms with E-state index in [0.717, 1.165) is 61.9 Å². The van der Waals surface area contributed by atoms with Crippen molar-refractivity contribution in [2.75, 3.05) is 72.0 Å². The summed E-state index contributed by atoms with van der Waals surface area (Å²) in [6, 6.07) is 10.7. The zero-order valence-corrected chi connectivity index (χ0v) is 25.9. The van der Waals surface area contributed by atoms with Crippen molar-refractivity contribution in [1.82, 2.24) is 24.7 Å². The van der Waals surface area contributed by atoms with Gasteiger partial charge in [-0.2, -0.15) is 9.97 Å². The van der Waals surface area contributed by atoms with Crippen molar-refractivity contribution in [1.29, 1.82) is 0 Å². The molecule has 1 unspecified atom stereocenters. The third-order valence-electron chi connectivity index (χ3n) is 6.99. The second-order valence-corrected chi connectivity index (χ2v) is 10.6. The van der Waals surface area contributed by atoms with Crippen LogP contribution in [0.5, 0.6) is 6.01 Å². The molecule has 1 fully saturated rings. The maximum atomic E-state index is 9.78. The van der Waals surface area contributed by atoms with Crippen LogP contribution in [0.1, 0.15) is 23.7 Å². The average Bonchev–Trinajstić information content (AvgIpc) is 2.97. The average molecular weight is 581 g/mol. The van der Waals surface area contributed by atoms with Gasteiger partial charge in [0, 0.05) is 44.0 Å². The third kappa shape index (κ3) is 11.3. The van der Waals surface area contributed by atoms with E-state index in [0.29, 0.717) is 25.4 Å². The topological polar surface area (TPSA) is 106 Å². The lowest BCUT2D eigenvalue weighted by Crippen LogP contribution is -2.53. The number of aryl methyl sites for hydroxylation is 1. The standard InChI is InChI=1S/C22H36N6O3.C7H8.C3H4O/c1-16(12-17(2)30)27-7-6-19-20(14-27)23-22(31-11-10-25(3)4)24-21(19)28-9-8-26(5)18(13-28)15-29;1-7-5-3-2-4-6-7;1-2-3-4/h12,18,29-30H,2,6-11,13-15H2,1,3-5H3;2-6H,1H3;2-3H,1H2/b16-12+;;.